The number of hydrogen-bond donors (Lipinski definition) is 0. The van der Waals surface area contributed by atoms with Crippen LogP contribution in [0.3, 0.4) is 0 Å². The summed E-state index contributed by atoms with van der Waals surface area (Å²) in [7, 11) is 1.67. The molecule has 0 spiro atoms. The molecule has 0 aliphatic carbocycles. The van der Waals surface area contributed by atoms with Gasteiger partial charge in [-0.15, -0.1) is 0 Å². The van der Waals surface area contributed by atoms with Crippen LogP contribution in [0.5, 0.6) is 5.75 Å². The molecule has 6 nitrogen and oxygen atoms in total. The van der Waals surface area contributed by atoms with Crippen LogP contribution in [-0.2, 0) is 19.6 Å². The molecule has 0 atom stereocenters. The van der Waals surface area contributed by atoms with Crippen molar-refractivity contribution in [2.45, 2.75) is 47.3 Å². The van der Waals surface area contributed by atoms with Gasteiger partial charge < -0.3 is 4.74 Å². The summed E-state index contributed by atoms with van der Waals surface area (Å²) in [4.78, 5) is 22.6. The lowest BCUT2D eigenvalue weighted by atomic mass is 10.1. The molecule has 3 aromatic rings. The highest BCUT2D eigenvalue weighted by atomic mass is 16.5. The standard InChI is InChI=1S/C25H30N4O2/c1-6-23-19(4)26-25-28(21-10-7-17(2)18(3)13-21)15-27(16-29(25)24(23)30)14-20-8-11-22(31-5)12-9-20/h7-13H,6,14-16H2,1-5H3. The molecular formula is C25H30N4O2. The van der Waals surface area contributed by atoms with E-state index in [1.165, 1.54) is 16.7 Å². The fraction of sp³-hybridized carbons (Fsp3) is 0.360. The molecule has 1 aliphatic rings. The van der Waals surface area contributed by atoms with E-state index in [4.69, 9.17) is 9.72 Å². The minimum Gasteiger partial charge on any atom is -0.497 e. The lowest BCUT2D eigenvalue weighted by Gasteiger charge is -2.38. The Labute approximate surface area is 183 Å². The predicted molar refractivity (Wildman–Crippen MR) is 124 cm³/mol. The van der Waals surface area contributed by atoms with Crippen molar-refractivity contribution in [2.24, 2.45) is 0 Å². The van der Waals surface area contributed by atoms with E-state index in [1.807, 2.05) is 30.5 Å². The van der Waals surface area contributed by atoms with Crippen molar-refractivity contribution in [3.05, 3.63) is 80.8 Å². The Morgan fingerprint density at radius 1 is 1.00 bits per heavy atom. The minimum absolute atomic E-state index is 0.0539. The summed E-state index contributed by atoms with van der Waals surface area (Å²) >= 11 is 0. The van der Waals surface area contributed by atoms with Crippen molar-refractivity contribution in [2.75, 3.05) is 18.7 Å². The fourth-order valence-electron chi connectivity index (χ4n) is 4.11. The van der Waals surface area contributed by atoms with Crippen LogP contribution in [0.4, 0.5) is 11.6 Å². The van der Waals surface area contributed by atoms with Gasteiger partial charge in [-0.3, -0.25) is 19.2 Å². The van der Waals surface area contributed by atoms with Gasteiger partial charge in [0.2, 0.25) is 5.95 Å². The zero-order chi connectivity index (χ0) is 22.1. The molecule has 1 aliphatic heterocycles. The van der Waals surface area contributed by atoms with Crippen LogP contribution in [0.25, 0.3) is 0 Å². The molecule has 2 heterocycles. The van der Waals surface area contributed by atoms with Crippen molar-refractivity contribution in [3.63, 3.8) is 0 Å². The maximum atomic E-state index is 13.3. The average molecular weight is 419 g/mol. The number of nitrogens with zero attached hydrogens (tertiary/aromatic N) is 4. The molecule has 31 heavy (non-hydrogen) atoms. The normalized spacial score (nSPS) is 13.9. The first kappa shape index (κ1) is 21.1. The zero-order valence-electron chi connectivity index (χ0n) is 19.0. The van der Waals surface area contributed by atoms with Crippen molar-refractivity contribution in [3.8, 4) is 5.75 Å². The molecule has 0 unspecified atom stereocenters. The molecule has 0 saturated heterocycles. The number of hydrogen-bond acceptors (Lipinski definition) is 5. The van der Waals surface area contributed by atoms with E-state index < -0.39 is 0 Å². The Balaban J connectivity index is 1.76. The fourth-order valence-corrected chi connectivity index (χ4v) is 4.11. The van der Waals surface area contributed by atoms with Gasteiger partial charge in [0.15, 0.2) is 0 Å². The number of aromatic nitrogens is 2. The third-order valence-corrected chi connectivity index (χ3v) is 6.09. The first-order valence-corrected chi connectivity index (χ1v) is 10.7. The van der Waals surface area contributed by atoms with Crippen molar-refractivity contribution in [1.29, 1.82) is 0 Å². The van der Waals surface area contributed by atoms with E-state index >= 15 is 0 Å². The van der Waals surface area contributed by atoms with E-state index in [0.717, 1.165) is 29.2 Å². The van der Waals surface area contributed by atoms with E-state index in [-0.39, 0.29) is 5.56 Å². The Kier molecular flexibility index (Phi) is 5.83. The highest BCUT2D eigenvalue weighted by Crippen LogP contribution is 2.30. The second-order valence-electron chi connectivity index (χ2n) is 8.22. The largest absolute Gasteiger partial charge is 0.497 e. The molecule has 0 N–H and O–H groups in total. The van der Waals surface area contributed by atoms with Gasteiger partial charge in [0.25, 0.3) is 5.56 Å². The summed E-state index contributed by atoms with van der Waals surface area (Å²) in [5.74, 6) is 1.56. The summed E-state index contributed by atoms with van der Waals surface area (Å²) in [5.41, 5.74) is 6.35. The van der Waals surface area contributed by atoms with Crippen molar-refractivity contribution in [1.82, 2.24) is 14.5 Å². The van der Waals surface area contributed by atoms with Crippen LogP contribution in [0, 0.1) is 20.8 Å². The molecule has 0 fully saturated rings. The number of anilines is 2. The van der Waals surface area contributed by atoms with Gasteiger partial charge >= 0.3 is 0 Å². The molecule has 4 rings (SSSR count). The number of benzene rings is 2. The molecule has 0 radical (unpaired) electrons. The summed E-state index contributed by atoms with van der Waals surface area (Å²) in [6.07, 6.45) is 0.681. The van der Waals surface area contributed by atoms with Gasteiger partial charge in [-0.2, -0.15) is 0 Å². The van der Waals surface area contributed by atoms with Crippen molar-refractivity contribution < 1.29 is 4.74 Å². The highest BCUT2D eigenvalue weighted by Gasteiger charge is 2.27. The summed E-state index contributed by atoms with van der Waals surface area (Å²) in [5, 5.41) is 0. The van der Waals surface area contributed by atoms with Crippen LogP contribution in [0.2, 0.25) is 0 Å². The highest BCUT2D eigenvalue weighted by molar-refractivity contribution is 5.60. The van der Waals surface area contributed by atoms with E-state index in [9.17, 15) is 4.79 Å². The Hall–Kier alpha value is -3.12. The molecule has 2 aromatic carbocycles. The van der Waals surface area contributed by atoms with Gasteiger partial charge in [0, 0.05) is 23.5 Å². The first-order valence-electron chi connectivity index (χ1n) is 10.7. The molecule has 162 valence electrons. The number of rotatable bonds is 5. The number of fused-ring (bicyclic) bond motifs is 1. The second kappa shape index (κ2) is 8.55. The Bertz CT molecular complexity index is 1150. The lowest BCUT2D eigenvalue weighted by Crippen LogP contribution is -2.47. The van der Waals surface area contributed by atoms with Crippen LogP contribution in [0.15, 0.2) is 47.3 Å². The topological polar surface area (TPSA) is 50.6 Å². The summed E-state index contributed by atoms with van der Waals surface area (Å²) < 4.78 is 7.09. The van der Waals surface area contributed by atoms with Crippen molar-refractivity contribution >= 4 is 11.6 Å². The van der Waals surface area contributed by atoms with Gasteiger partial charge in [-0.25, -0.2) is 4.98 Å². The SMILES string of the molecule is CCc1c(C)nc2n(c1=O)CN(Cc1ccc(OC)cc1)CN2c1ccc(C)c(C)c1. The maximum absolute atomic E-state index is 13.3. The molecule has 0 bridgehead atoms. The van der Waals surface area contributed by atoms with E-state index in [0.29, 0.717) is 25.7 Å². The quantitative estimate of drug-likeness (QED) is 0.618. The lowest BCUT2D eigenvalue weighted by molar-refractivity contribution is 0.189. The first-order chi connectivity index (χ1) is 14.9. The maximum Gasteiger partial charge on any atom is 0.259 e. The number of ether oxygens (including phenoxy) is 1. The number of methoxy groups -OCH3 is 1. The van der Waals surface area contributed by atoms with Crippen LogP contribution < -0.4 is 15.2 Å². The number of aryl methyl sites for hydroxylation is 3. The van der Waals surface area contributed by atoms with Gasteiger partial charge in [-0.05, 0) is 68.1 Å². The molecule has 0 amide bonds. The molecule has 1 aromatic heterocycles. The average Bonchev–Trinajstić information content (AvgIpc) is 2.76. The van der Waals surface area contributed by atoms with Gasteiger partial charge in [0.05, 0.1) is 20.4 Å². The van der Waals surface area contributed by atoms with Gasteiger partial charge in [0.1, 0.15) is 5.75 Å². The summed E-state index contributed by atoms with van der Waals surface area (Å²) in [6.45, 7) is 10.1. The van der Waals surface area contributed by atoms with Crippen LogP contribution in [0.1, 0.15) is 34.9 Å². The molecule has 6 heteroatoms. The third kappa shape index (κ3) is 4.08. The minimum atomic E-state index is 0.0539. The van der Waals surface area contributed by atoms with Crippen LogP contribution >= 0.6 is 0 Å². The van der Waals surface area contributed by atoms with E-state index in [2.05, 4.69) is 54.0 Å². The Morgan fingerprint density at radius 2 is 1.74 bits per heavy atom. The zero-order valence-corrected chi connectivity index (χ0v) is 19.0. The predicted octanol–water partition coefficient (Wildman–Crippen LogP) is 4.31. The Morgan fingerprint density at radius 3 is 2.39 bits per heavy atom. The molecular weight excluding hydrogens is 388 g/mol. The summed E-state index contributed by atoms with van der Waals surface area (Å²) in [6, 6.07) is 14.5. The monoisotopic (exact) mass is 418 g/mol. The van der Waals surface area contributed by atoms with Gasteiger partial charge in [-0.1, -0.05) is 25.1 Å². The smallest absolute Gasteiger partial charge is 0.259 e. The van der Waals surface area contributed by atoms with Crippen LogP contribution in [-0.4, -0.2) is 28.2 Å². The second-order valence-corrected chi connectivity index (χ2v) is 8.22. The molecule has 0 saturated carbocycles. The van der Waals surface area contributed by atoms with E-state index in [1.54, 1.807) is 7.11 Å². The third-order valence-electron chi connectivity index (χ3n) is 6.09.